The van der Waals surface area contributed by atoms with Crippen molar-refractivity contribution in [3.63, 3.8) is 0 Å². The van der Waals surface area contributed by atoms with Crippen molar-refractivity contribution in [2.45, 2.75) is 13.8 Å². The number of aromatic nitrogens is 5. The van der Waals surface area contributed by atoms with E-state index in [9.17, 15) is 9.59 Å². The van der Waals surface area contributed by atoms with Gasteiger partial charge in [0, 0.05) is 30.2 Å². The van der Waals surface area contributed by atoms with E-state index in [2.05, 4.69) is 15.0 Å². The number of carbonyl (C=O) groups excluding carboxylic acids is 2. The second-order valence-corrected chi connectivity index (χ2v) is 6.99. The van der Waals surface area contributed by atoms with Gasteiger partial charge in [-0.1, -0.05) is 30.3 Å². The molecule has 142 valence electrons. The average Bonchev–Trinajstić information content (AvgIpc) is 3.20. The Morgan fingerprint density at radius 1 is 0.931 bits per heavy atom. The Morgan fingerprint density at radius 2 is 1.62 bits per heavy atom. The zero-order valence-corrected chi connectivity index (χ0v) is 16.0. The van der Waals surface area contributed by atoms with Crippen molar-refractivity contribution in [1.82, 2.24) is 29.6 Å². The molecule has 0 N–H and O–H groups in total. The molecule has 8 heteroatoms. The highest BCUT2D eigenvalue weighted by molar-refractivity contribution is 6.27. The van der Waals surface area contributed by atoms with Crippen LogP contribution in [0.2, 0.25) is 0 Å². The number of carbonyl (C=O) groups is 2. The molecular formula is C21H16N6O2. The summed E-state index contributed by atoms with van der Waals surface area (Å²) >= 11 is 0. The van der Waals surface area contributed by atoms with E-state index in [1.807, 2.05) is 50.2 Å². The van der Waals surface area contributed by atoms with Gasteiger partial charge in [0.2, 0.25) is 0 Å². The fourth-order valence-corrected chi connectivity index (χ4v) is 3.65. The van der Waals surface area contributed by atoms with Crippen LogP contribution in [0.4, 0.5) is 0 Å². The molecule has 0 saturated heterocycles. The molecule has 1 aliphatic heterocycles. The number of hydrogen-bond donors (Lipinski definition) is 0. The summed E-state index contributed by atoms with van der Waals surface area (Å²) in [5, 5.41) is 5.25. The largest absolute Gasteiger partial charge is 0.277 e. The highest BCUT2D eigenvalue weighted by atomic mass is 16.2. The molecule has 0 atom stereocenters. The van der Waals surface area contributed by atoms with Gasteiger partial charge in [0.1, 0.15) is 5.69 Å². The van der Waals surface area contributed by atoms with Crippen molar-refractivity contribution in [3.8, 4) is 17.2 Å². The summed E-state index contributed by atoms with van der Waals surface area (Å²) in [6.45, 7) is 3.76. The third kappa shape index (κ3) is 2.46. The number of nitrogens with zero attached hydrogens (tertiary/aromatic N) is 6. The van der Waals surface area contributed by atoms with E-state index in [4.69, 9.17) is 5.10 Å². The van der Waals surface area contributed by atoms with Crippen LogP contribution in [-0.2, 0) is 0 Å². The average molecular weight is 384 g/mol. The van der Waals surface area contributed by atoms with Gasteiger partial charge >= 0.3 is 0 Å². The first-order chi connectivity index (χ1) is 14.0. The molecule has 1 aliphatic rings. The Labute approximate surface area is 165 Å². The van der Waals surface area contributed by atoms with Crippen molar-refractivity contribution in [3.05, 3.63) is 65.1 Å². The monoisotopic (exact) mass is 384 g/mol. The van der Waals surface area contributed by atoms with Gasteiger partial charge in [0.25, 0.3) is 17.8 Å². The molecule has 2 amide bonds. The molecule has 1 aromatic carbocycles. The van der Waals surface area contributed by atoms with Crippen molar-refractivity contribution in [1.29, 1.82) is 0 Å². The van der Waals surface area contributed by atoms with E-state index in [0.717, 1.165) is 21.9 Å². The summed E-state index contributed by atoms with van der Waals surface area (Å²) in [4.78, 5) is 39.9. The summed E-state index contributed by atoms with van der Waals surface area (Å²) in [6, 6.07) is 11.4. The number of hydrogen-bond acceptors (Lipinski definition) is 6. The van der Waals surface area contributed by atoms with Crippen LogP contribution in [0.15, 0.2) is 42.6 Å². The summed E-state index contributed by atoms with van der Waals surface area (Å²) in [7, 11) is 1.47. The van der Waals surface area contributed by atoms with Gasteiger partial charge in [0.15, 0.2) is 5.65 Å². The summed E-state index contributed by atoms with van der Waals surface area (Å²) in [5.74, 6) is -0.364. The van der Waals surface area contributed by atoms with Crippen LogP contribution in [-0.4, -0.2) is 48.5 Å². The first-order valence-corrected chi connectivity index (χ1v) is 9.08. The fraction of sp³-hybridized carbons (Fsp3) is 0.143. The molecule has 4 aromatic rings. The standard InChI is InChI=1S/C21H16N6O2/c1-11-9-12(2)24-21(23-11)27-18-16(17(25-27)13-7-5-4-6-8-13)15-14(10-22-18)19(28)26(3)20(15)29/h4-10H,1-3H3. The normalized spacial score (nSPS) is 13.4. The van der Waals surface area contributed by atoms with Crippen LogP contribution in [0.3, 0.4) is 0 Å². The number of aryl methyl sites for hydroxylation is 2. The number of imide groups is 1. The molecule has 4 heterocycles. The number of rotatable bonds is 2. The van der Waals surface area contributed by atoms with E-state index >= 15 is 0 Å². The van der Waals surface area contributed by atoms with Crippen LogP contribution in [0.1, 0.15) is 32.1 Å². The van der Waals surface area contributed by atoms with Crippen molar-refractivity contribution >= 4 is 22.8 Å². The Balaban J connectivity index is 1.91. The maximum Gasteiger partial charge on any atom is 0.262 e. The lowest BCUT2D eigenvalue weighted by molar-refractivity contribution is 0.0693. The number of fused-ring (bicyclic) bond motifs is 3. The van der Waals surface area contributed by atoms with E-state index in [-0.39, 0.29) is 17.4 Å². The minimum Gasteiger partial charge on any atom is -0.277 e. The molecule has 0 aliphatic carbocycles. The van der Waals surface area contributed by atoms with Crippen LogP contribution in [0.25, 0.3) is 28.2 Å². The molecule has 0 fully saturated rings. The van der Waals surface area contributed by atoms with Crippen molar-refractivity contribution in [2.24, 2.45) is 0 Å². The highest BCUT2D eigenvalue weighted by Crippen LogP contribution is 2.35. The van der Waals surface area contributed by atoms with Crippen LogP contribution in [0, 0.1) is 13.8 Å². The molecule has 0 radical (unpaired) electrons. The Morgan fingerprint density at radius 3 is 2.31 bits per heavy atom. The van der Waals surface area contributed by atoms with Gasteiger partial charge in [-0.15, -0.1) is 0 Å². The minimum absolute atomic E-state index is 0.281. The number of pyridine rings is 1. The lowest BCUT2D eigenvalue weighted by Crippen LogP contribution is -2.24. The van der Waals surface area contributed by atoms with E-state index in [1.165, 1.54) is 17.9 Å². The predicted octanol–water partition coefficient (Wildman–Crippen LogP) is 2.72. The van der Waals surface area contributed by atoms with Crippen molar-refractivity contribution < 1.29 is 9.59 Å². The SMILES string of the molecule is Cc1cc(C)nc(-n2nc(-c3ccccc3)c3c4c(cnc32)C(=O)N(C)C4=O)n1. The van der Waals surface area contributed by atoms with Crippen molar-refractivity contribution in [2.75, 3.05) is 7.05 Å². The fourth-order valence-electron chi connectivity index (χ4n) is 3.65. The highest BCUT2D eigenvalue weighted by Gasteiger charge is 2.37. The van der Waals surface area contributed by atoms with Gasteiger partial charge in [0.05, 0.1) is 16.5 Å². The van der Waals surface area contributed by atoms with E-state index in [1.54, 1.807) is 0 Å². The number of amides is 2. The lowest BCUT2D eigenvalue weighted by Gasteiger charge is -2.04. The summed E-state index contributed by atoms with van der Waals surface area (Å²) < 4.78 is 1.54. The lowest BCUT2D eigenvalue weighted by atomic mass is 10.0. The first kappa shape index (κ1) is 17.2. The Hall–Kier alpha value is -3.94. The first-order valence-electron chi connectivity index (χ1n) is 9.08. The Bertz CT molecular complexity index is 1310. The van der Waals surface area contributed by atoms with Gasteiger partial charge in [-0.3, -0.25) is 14.5 Å². The van der Waals surface area contributed by atoms with Crippen LogP contribution >= 0.6 is 0 Å². The number of benzene rings is 1. The molecule has 0 unspecified atom stereocenters. The zero-order chi connectivity index (χ0) is 20.3. The summed E-state index contributed by atoms with van der Waals surface area (Å²) in [5.41, 5.74) is 3.99. The maximum atomic E-state index is 12.9. The molecule has 0 saturated carbocycles. The molecule has 3 aromatic heterocycles. The molecule has 0 spiro atoms. The van der Waals surface area contributed by atoms with Gasteiger partial charge in [-0.05, 0) is 19.9 Å². The van der Waals surface area contributed by atoms with Gasteiger partial charge < -0.3 is 0 Å². The molecule has 29 heavy (non-hydrogen) atoms. The van der Waals surface area contributed by atoms with Crippen LogP contribution < -0.4 is 0 Å². The second kappa shape index (κ2) is 6.03. The smallest absolute Gasteiger partial charge is 0.262 e. The molecular weight excluding hydrogens is 368 g/mol. The third-order valence-electron chi connectivity index (χ3n) is 4.96. The van der Waals surface area contributed by atoms with E-state index in [0.29, 0.717) is 28.2 Å². The summed E-state index contributed by atoms with van der Waals surface area (Å²) in [6.07, 6.45) is 1.43. The zero-order valence-electron chi connectivity index (χ0n) is 16.0. The molecule has 0 bridgehead atoms. The Kier molecular flexibility index (Phi) is 3.57. The van der Waals surface area contributed by atoms with Gasteiger partial charge in [-0.25, -0.2) is 15.0 Å². The maximum absolute atomic E-state index is 12.9. The quantitative estimate of drug-likeness (QED) is 0.493. The topological polar surface area (TPSA) is 93.9 Å². The second-order valence-electron chi connectivity index (χ2n) is 6.99. The third-order valence-corrected chi connectivity index (χ3v) is 4.96. The van der Waals surface area contributed by atoms with E-state index < -0.39 is 0 Å². The predicted molar refractivity (Wildman–Crippen MR) is 106 cm³/mol. The van der Waals surface area contributed by atoms with Gasteiger partial charge in [-0.2, -0.15) is 9.78 Å². The van der Waals surface area contributed by atoms with Crippen LogP contribution in [0.5, 0.6) is 0 Å². The molecule has 5 rings (SSSR count). The molecule has 8 nitrogen and oxygen atoms in total. The minimum atomic E-state index is -0.367.